The number of hydrogen-bond acceptors (Lipinski definition) is 3. The minimum Gasteiger partial charge on any atom is -0.491 e. The largest absolute Gasteiger partial charge is 0.491 e. The zero-order chi connectivity index (χ0) is 11.5. The fourth-order valence-electron chi connectivity index (χ4n) is 1.00. The predicted molar refractivity (Wildman–Crippen MR) is 63.2 cm³/mol. The van der Waals surface area contributed by atoms with Gasteiger partial charge in [0, 0.05) is 6.54 Å². The minimum atomic E-state index is -0.454. The molecule has 0 aliphatic rings. The fraction of sp³-hybridized carbons (Fsp3) is 0.500. The van der Waals surface area contributed by atoms with Crippen molar-refractivity contribution in [3.05, 3.63) is 30.3 Å². The van der Waals surface area contributed by atoms with Crippen LogP contribution in [0.1, 0.15) is 13.8 Å². The molecule has 0 fully saturated rings. The van der Waals surface area contributed by atoms with E-state index in [9.17, 15) is 5.11 Å². The van der Waals surface area contributed by atoms with Crippen LogP contribution in [0.2, 0.25) is 0 Å². The van der Waals surface area contributed by atoms with E-state index in [0.29, 0.717) is 13.2 Å². The van der Waals surface area contributed by atoms with Crippen molar-refractivity contribution in [2.45, 2.75) is 20.0 Å². The fourth-order valence-corrected chi connectivity index (χ4v) is 1.00. The van der Waals surface area contributed by atoms with E-state index in [1.54, 1.807) is 7.05 Å². The molecule has 0 aromatic heterocycles. The summed E-state index contributed by atoms with van der Waals surface area (Å²) in [5, 5.41) is 12.2. The molecule has 0 spiro atoms. The summed E-state index contributed by atoms with van der Waals surface area (Å²) < 4.78 is 5.33. The molecule has 15 heavy (non-hydrogen) atoms. The van der Waals surface area contributed by atoms with Gasteiger partial charge in [-0.05, 0) is 19.2 Å². The topological polar surface area (TPSA) is 41.5 Å². The van der Waals surface area contributed by atoms with Crippen molar-refractivity contribution >= 4 is 0 Å². The van der Waals surface area contributed by atoms with E-state index in [1.807, 2.05) is 44.2 Å². The third-order valence-corrected chi connectivity index (χ3v) is 1.63. The van der Waals surface area contributed by atoms with Crippen LogP contribution in [0, 0.1) is 0 Å². The average molecular weight is 211 g/mol. The first-order valence-corrected chi connectivity index (χ1v) is 5.33. The van der Waals surface area contributed by atoms with Gasteiger partial charge in [-0.3, -0.25) is 0 Å². The number of likely N-dealkylation sites (N-methyl/N-ethyl adjacent to an activating group) is 1. The second kappa shape index (κ2) is 9.49. The van der Waals surface area contributed by atoms with Crippen molar-refractivity contribution in [1.82, 2.24) is 5.32 Å². The lowest BCUT2D eigenvalue weighted by molar-refractivity contribution is 0.108. The Morgan fingerprint density at radius 2 is 1.87 bits per heavy atom. The second-order valence-electron chi connectivity index (χ2n) is 2.84. The number of benzene rings is 1. The Morgan fingerprint density at radius 1 is 1.27 bits per heavy atom. The van der Waals surface area contributed by atoms with Crippen LogP contribution in [0.4, 0.5) is 0 Å². The molecule has 86 valence electrons. The van der Waals surface area contributed by atoms with Gasteiger partial charge in [0.15, 0.2) is 0 Å². The molecule has 2 N–H and O–H groups in total. The van der Waals surface area contributed by atoms with Crippen LogP contribution in [0.5, 0.6) is 5.75 Å². The number of ether oxygens (including phenoxy) is 1. The number of rotatable bonds is 5. The van der Waals surface area contributed by atoms with Gasteiger partial charge in [0.1, 0.15) is 18.5 Å². The van der Waals surface area contributed by atoms with Crippen LogP contribution < -0.4 is 10.1 Å². The number of para-hydroxylation sites is 1. The van der Waals surface area contributed by atoms with E-state index in [2.05, 4.69) is 5.32 Å². The van der Waals surface area contributed by atoms with Gasteiger partial charge in [0.25, 0.3) is 0 Å². The Hall–Kier alpha value is -1.06. The van der Waals surface area contributed by atoms with Crippen LogP contribution >= 0.6 is 0 Å². The lowest BCUT2D eigenvalue weighted by Gasteiger charge is -2.11. The first kappa shape index (κ1) is 13.9. The molecule has 3 nitrogen and oxygen atoms in total. The maximum atomic E-state index is 9.32. The van der Waals surface area contributed by atoms with Crippen LogP contribution in [0.15, 0.2) is 30.3 Å². The maximum Gasteiger partial charge on any atom is 0.119 e. The lowest BCUT2D eigenvalue weighted by Crippen LogP contribution is -2.29. The van der Waals surface area contributed by atoms with E-state index in [4.69, 9.17) is 4.74 Å². The summed E-state index contributed by atoms with van der Waals surface area (Å²) >= 11 is 0. The molecule has 0 heterocycles. The number of hydrogen-bond donors (Lipinski definition) is 2. The van der Waals surface area contributed by atoms with E-state index in [0.717, 1.165) is 5.75 Å². The molecular formula is C12H21NO2. The summed E-state index contributed by atoms with van der Waals surface area (Å²) in [5.41, 5.74) is 0. The smallest absolute Gasteiger partial charge is 0.119 e. The first-order chi connectivity index (χ1) is 7.33. The molecule has 1 atom stereocenters. The van der Waals surface area contributed by atoms with Gasteiger partial charge in [-0.2, -0.15) is 0 Å². The molecule has 1 aromatic carbocycles. The van der Waals surface area contributed by atoms with Crippen molar-refractivity contribution in [2.75, 3.05) is 20.2 Å². The Bertz CT molecular complexity index is 226. The summed E-state index contributed by atoms with van der Waals surface area (Å²) in [7, 11) is 1.80. The first-order valence-electron chi connectivity index (χ1n) is 5.33. The van der Waals surface area contributed by atoms with Gasteiger partial charge in [-0.15, -0.1) is 0 Å². The molecular weight excluding hydrogens is 190 g/mol. The highest BCUT2D eigenvalue weighted by Gasteiger charge is 2.02. The van der Waals surface area contributed by atoms with Crippen LogP contribution in [0.3, 0.4) is 0 Å². The van der Waals surface area contributed by atoms with Gasteiger partial charge in [0.05, 0.1) is 0 Å². The maximum absolute atomic E-state index is 9.32. The van der Waals surface area contributed by atoms with E-state index < -0.39 is 6.10 Å². The lowest BCUT2D eigenvalue weighted by atomic mass is 10.3. The molecule has 0 saturated carbocycles. The average Bonchev–Trinajstić information content (AvgIpc) is 2.31. The van der Waals surface area contributed by atoms with Crippen molar-refractivity contribution < 1.29 is 9.84 Å². The quantitative estimate of drug-likeness (QED) is 0.778. The van der Waals surface area contributed by atoms with Gasteiger partial charge in [-0.25, -0.2) is 0 Å². The highest BCUT2D eigenvalue weighted by Crippen LogP contribution is 2.08. The zero-order valence-corrected chi connectivity index (χ0v) is 9.73. The van der Waals surface area contributed by atoms with Gasteiger partial charge in [-0.1, -0.05) is 32.0 Å². The molecule has 1 rings (SSSR count). The van der Waals surface area contributed by atoms with E-state index in [-0.39, 0.29) is 0 Å². The summed E-state index contributed by atoms with van der Waals surface area (Å²) in [5.74, 6) is 0.789. The van der Waals surface area contributed by atoms with Crippen molar-refractivity contribution in [3.63, 3.8) is 0 Å². The SMILES string of the molecule is CC.CNC[C@H](O)COc1ccccc1. The second-order valence-corrected chi connectivity index (χ2v) is 2.84. The summed E-state index contributed by atoms with van der Waals surface area (Å²) in [4.78, 5) is 0. The molecule has 0 saturated heterocycles. The molecule has 0 aliphatic heterocycles. The van der Waals surface area contributed by atoms with Gasteiger partial charge in [0.2, 0.25) is 0 Å². The van der Waals surface area contributed by atoms with Crippen LogP contribution in [0.25, 0.3) is 0 Å². The Kier molecular flexibility index (Phi) is 8.82. The Labute approximate surface area is 92.1 Å². The third kappa shape index (κ3) is 6.94. The summed E-state index contributed by atoms with van der Waals surface area (Å²) in [6.07, 6.45) is -0.454. The molecule has 0 bridgehead atoms. The molecule has 0 amide bonds. The molecule has 0 unspecified atom stereocenters. The molecule has 0 radical (unpaired) electrons. The standard InChI is InChI=1S/C10H15NO2.C2H6/c1-11-7-9(12)8-13-10-5-3-2-4-6-10;1-2/h2-6,9,11-12H,7-8H2,1H3;1-2H3/t9-;/m0./s1. The summed E-state index contributed by atoms with van der Waals surface area (Å²) in [6.45, 7) is 4.87. The van der Waals surface area contributed by atoms with Crippen molar-refractivity contribution in [1.29, 1.82) is 0 Å². The van der Waals surface area contributed by atoms with E-state index >= 15 is 0 Å². The molecule has 1 aromatic rings. The van der Waals surface area contributed by atoms with Gasteiger partial charge < -0.3 is 15.2 Å². The monoisotopic (exact) mass is 211 g/mol. The third-order valence-electron chi connectivity index (χ3n) is 1.63. The highest BCUT2D eigenvalue weighted by atomic mass is 16.5. The van der Waals surface area contributed by atoms with Gasteiger partial charge >= 0.3 is 0 Å². The minimum absolute atomic E-state index is 0.324. The van der Waals surface area contributed by atoms with Crippen molar-refractivity contribution in [2.24, 2.45) is 0 Å². The Morgan fingerprint density at radius 3 is 2.40 bits per heavy atom. The van der Waals surface area contributed by atoms with Crippen LogP contribution in [-0.2, 0) is 0 Å². The Balaban J connectivity index is 0.000000921. The van der Waals surface area contributed by atoms with Crippen LogP contribution in [-0.4, -0.2) is 31.4 Å². The molecule has 0 aliphatic carbocycles. The zero-order valence-electron chi connectivity index (χ0n) is 9.73. The predicted octanol–water partition coefficient (Wildman–Crippen LogP) is 1.67. The van der Waals surface area contributed by atoms with E-state index in [1.165, 1.54) is 0 Å². The number of aliphatic hydroxyl groups excluding tert-OH is 1. The number of aliphatic hydroxyl groups is 1. The number of nitrogens with one attached hydrogen (secondary N) is 1. The summed E-state index contributed by atoms with van der Waals surface area (Å²) in [6, 6.07) is 9.47. The highest BCUT2D eigenvalue weighted by molar-refractivity contribution is 5.20. The normalized spacial score (nSPS) is 11.2. The molecule has 3 heteroatoms. The van der Waals surface area contributed by atoms with Crippen molar-refractivity contribution in [3.8, 4) is 5.75 Å².